The molecular weight excluding hydrogens is 413 g/mol. The number of aryl methyl sites for hydroxylation is 2. The van der Waals surface area contributed by atoms with Gasteiger partial charge in [0.25, 0.3) is 0 Å². The van der Waals surface area contributed by atoms with Gasteiger partial charge < -0.3 is 9.47 Å². The molecule has 0 aromatic heterocycles. The van der Waals surface area contributed by atoms with Crippen LogP contribution in [0.5, 0.6) is 5.75 Å². The minimum absolute atomic E-state index is 0.0173. The van der Waals surface area contributed by atoms with Crippen molar-refractivity contribution in [3.8, 4) is 5.75 Å². The quantitative estimate of drug-likeness (QED) is 0.189. The third-order valence-electron chi connectivity index (χ3n) is 6.03. The predicted octanol–water partition coefficient (Wildman–Crippen LogP) is 7.06. The molecule has 0 aliphatic rings. The number of methoxy groups -OCH3 is 1. The van der Waals surface area contributed by atoms with Crippen molar-refractivity contribution in [3.63, 3.8) is 0 Å². The van der Waals surface area contributed by atoms with Gasteiger partial charge in [-0.3, -0.25) is 4.99 Å². The molecule has 0 radical (unpaired) electrons. The van der Waals surface area contributed by atoms with Crippen LogP contribution in [0.15, 0.2) is 71.7 Å². The van der Waals surface area contributed by atoms with E-state index < -0.39 is 0 Å². The highest BCUT2D eigenvalue weighted by Gasteiger charge is 2.33. The zero-order valence-electron chi connectivity index (χ0n) is 19.8. The Bertz CT molecular complexity index is 1040. The number of rotatable bonds is 10. The first-order valence-electron chi connectivity index (χ1n) is 11.2. The second-order valence-corrected chi connectivity index (χ2v) is 9.76. The smallest absolute Gasteiger partial charge is 0.188 e. The highest BCUT2D eigenvalue weighted by atomic mass is 31.1. The van der Waals surface area contributed by atoms with E-state index in [-0.39, 0.29) is 11.9 Å². The van der Waals surface area contributed by atoms with Crippen LogP contribution < -0.4 is 10.0 Å². The van der Waals surface area contributed by atoms with Crippen molar-refractivity contribution in [1.29, 1.82) is 0 Å². The number of aliphatic imine (C=N–C) groups is 1. The van der Waals surface area contributed by atoms with Crippen LogP contribution in [0.1, 0.15) is 48.9 Å². The van der Waals surface area contributed by atoms with Crippen LogP contribution in [0.4, 0.5) is 5.69 Å². The summed E-state index contributed by atoms with van der Waals surface area (Å²) < 4.78 is 11.3. The average Bonchev–Trinajstić information content (AvgIpc) is 2.82. The molecule has 4 heteroatoms. The monoisotopic (exact) mass is 447 g/mol. The fourth-order valence-corrected chi connectivity index (χ4v) is 5.82. The van der Waals surface area contributed by atoms with Crippen LogP contribution in [0.3, 0.4) is 0 Å². The molecule has 0 fully saturated rings. The van der Waals surface area contributed by atoms with Gasteiger partial charge in [-0.1, -0.05) is 77.0 Å². The van der Waals surface area contributed by atoms with E-state index in [1.165, 1.54) is 22.0 Å². The number of hydrogen-bond acceptors (Lipinski definition) is 3. The van der Waals surface area contributed by atoms with Crippen LogP contribution in [0.25, 0.3) is 0 Å². The van der Waals surface area contributed by atoms with Crippen molar-refractivity contribution in [2.75, 3.05) is 13.9 Å². The Morgan fingerprint density at radius 1 is 0.875 bits per heavy atom. The van der Waals surface area contributed by atoms with Crippen molar-refractivity contribution >= 4 is 25.8 Å². The second kappa shape index (κ2) is 11.4. The Balaban J connectivity index is 2.06. The topological polar surface area (TPSA) is 30.8 Å². The highest BCUT2D eigenvalue weighted by Crippen LogP contribution is 2.51. The molecule has 0 aliphatic carbocycles. The van der Waals surface area contributed by atoms with Crippen LogP contribution in [-0.2, 0) is 9.89 Å². The first-order valence-corrected chi connectivity index (χ1v) is 12.2. The maximum Gasteiger partial charge on any atom is 0.188 e. The normalized spacial score (nSPS) is 12.2. The lowest BCUT2D eigenvalue weighted by Crippen LogP contribution is -2.25. The molecule has 0 bridgehead atoms. The average molecular weight is 448 g/mol. The Morgan fingerprint density at radius 2 is 1.56 bits per heavy atom. The molecule has 0 saturated heterocycles. The van der Waals surface area contributed by atoms with Gasteiger partial charge in [0.2, 0.25) is 0 Å². The van der Waals surface area contributed by atoms with Crippen LogP contribution in [-0.4, -0.2) is 20.1 Å². The molecule has 32 heavy (non-hydrogen) atoms. The van der Waals surface area contributed by atoms with Crippen LogP contribution >= 0.6 is 8.58 Å². The Morgan fingerprint density at radius 3 is 2.25 bits per heavy atom. The van der Waals surface area contributed by atoms with E-state index in [1.54, 1.807) is 7.11 Å². The first kappa shape index (κ1) is 24.2. The summed E-state index contributed by atoms with van der Waals surface area (Å²) >= 11 is 0. The number of hydrogen-bond donors (Lipinski definition) is 0. The Labute approximate surface area is 194 Å². The second-order valence-electron chi connectivity index (χ2n) is 8.05. The number of ether oxygens (including phenoxy) is 2. The van der Waals surface area contributed by atoms with E-state index >= 15 is 0 Å². The van der Waals surface area contributed by atoms with Gasteiger partial charge in [0.15, 0.2) is 6.79 Å². The first-order chi connectivity index (χ1) is 15.5. The van der Waals surface area contributed by atoms with Crippen LogP contribution in [0, 0.1) is 13.8 Å². The van der Waals surface area contributed by atoms with E-state index in [4.69, 9.17) is 14.5 Å². The van der Waals surface area contributed by atoms with Gasteiger partial charge in [-0.2, -0.15) is 0 Å². The van der Waals surface area contributed by atoms with E-state index in [2.05, 4.69) is 64.1 Å². The summed E-state index contributed by atoms with van der Waals surface area (Å²) in [6.07, 6.45) is 4.07. The highest BCUT2D eigenvalue weighted by molar-refractivity contribution is 7.49. The third-order valence-corrected chi connectivity index (χ3v) is 8.42. The number of nitrogens with zero attached hydrogens (tertiary/aromatic N) is 1. The fourth-order valence-electron chi connectivity index (χ4n) is 4.08. The fraction of sp³-hybridized carbons (Fsp3) is 0.321. The third kappa shape index (κ3) is 5.46. The van der Waals surface area contributed by atoms with Crippen molar-refractivity contribution in [2.24, 2.45) is 4.99 Å². The lowest BCUT2D eigenvalue weighted by atomic mass is 9.90. The summed E-state index contributed by atoms with van der Waals surface area (Å²) in [4.78, 5) is 4.74. The van der Waals surface area contributed by atoms with E-state index in [1.807, 2.05) is 36.5 Å². The molecule has 3 rings (SSSR count). The van der Waals surface area contributed by atoms with Gasteiger partial charge in [0, 0.05) is 29.6 Å². The summed E-state index contributed by atoms with van der Waals surface area (Å²) in [6.45, 7) is 9.14. The zero-order chi connectivity index (χ0) is 23.0. The molecule has 0 aliphatic heterocycles. The molecule has 0 spiro atoms. The van der Waals surface area contributed by atoms with E-state index in [0.717, 1.165) is 29.8 Å². The maximum atomic E-state index is 6.09. The van der Waals surface area contributed by atoms with Gasteiger partial charge in [0.1, 0.15) is 5.75 Å². The molecule has 0 saturated carbocycles. The Hall–Kier alpha value is -2.48. The van der Waals surface area contributed by atoms with Gasteiger partial charge >= 0.3 is 0 Å². The largest absolute Gasteiger partial charge is 0.467 e. The van der Waals surface area contributed by atoms with E-state index in [0.29, 0.717) is 8.58 Å². The number of para-hydroxylation sites is 2. The predicted molar refractivity (Wildman–Crippen MR) is 139 cm³/mol. The minimum Gasteiger partial charge on any atom is -0.467 e. The summed E-state index contributed by atoms with van der Waals surface area (Å²) in [6, 6.07) is 23.1. The van der Waals surface area contributed by atoms with Gasteiger partial charge in [-0.25, -0.2) is 0 Å². The molecule has 1 unspecified atom stereocenters. The van der Waals surface area contributed by atoms with Gasteiger partial charge in [-0.05, 0) is 55.3 Å². The van der Waals surface area contributed by atoms with Crippen molar-refractivity contribution in [3.05, 3.63) is 89.0 Å². The molecule has 168 valence electrons. The molecule has 3 nitrogen and oxygen atoms in total. The Kier molecular flexibility index (Phi) is 8.61. The lowest BCUT2D eigenvalue weighted by molar-refractivity contribution is 0.0494. The lowest BCUT2D eigenvalue weighted by Gasteiger charge is -2.35. The minimum atomic E-state index is -0.0173. The molecule has 0 amide bonds. The van der Waals surface area contributed by atoms with Gasteiger partial charge in [0.05, 0.1) is 5.69 Å². The maximum absolute atomic E-state index is 6.09. The van der Waals surface area contributed by atoms with E-state index in [9.17, 15) is 0 Å². The van der Waals surface area contributed by atoms with Gasteiger partial charge in [-0.15, -0.1) is 0 Å². The molecule has 3 aromatic carbocycles. The molecule has 0 N–H and O–H groups in total. The summed E-state index contributed by atoms with van der Waals surface area (Å²) in [5.41, 5.74) is 5.87. The molecule has 0 heterocycles. The molecule has 1 atom stereocenters. The molecular formula is C28H34NO2P. The van der Waals surface area contributed by atoms with Crippen LogP contribution in [0.2, 0.25) is 0 Å². The summed E-state index contributed by atoms with van der Waals surface area (Å²) in [5.74, 6) is 0.957. The van der Waals surface area contributed by atoms with Crippen molar-refractivity contribution in [2.45, 2.75) is 45.7 Å². The zero-order valence-corrected chi connectivity index (χ0v) is 20.8. The SMILES string of the molecule is CCC(CC)(Pc1c(C)cccc1C=Nc1ccccc1)c1cccc(C)c1OCOC. The van der Waals surface area contributed by atoms with Crippen molar-refractivity contribution in [1.82, 2.24) is 0 Å². The summed E-state index contributed by atoms with van der Waals surface area (Å²) in [5, 5.41) is 1.35. The number of benzene rings is 3. The summed E-state index contributed by atoms with van der Waals surface area (Å²) in [7, 11) is 2.26. The standard InChI is InChI=1S/C28H34NO2P/c1-6-28(7-2,25-18-12-13-21(3)26(25)31-20-30-5)32-27-22(4)14-11-15-23(27)19-29-24-16-9-8-10-17-24/h8-19,32H,6-7,20H2,1-5H3. The van der Waals surface area contributed by atoms with Crippen molar-refractivity contribution < 1.29 is 9.47 Å². The molecule has 3 aromatic rings.